The van der Waals surface area contributed by atoms with Crippen molar-refractivity contribution in [2.45, 2.75) is 44.8 Å². The van der Waals surface area contributed by atoms with Gasteiger partial charge in [-0.2, -0.15) is 0 Å². The molecule has 0 saturated heterocycles. The van der Waals surface area contributed by atoms with Gasteiger partial charge in [0.25, 0.3) is 0 Å². The maximum absolute atomic E-state index is 13.7. The summed E-state index contributed by atoms with van der Waals surface area (Å²) in [6, 6.07) is 22.1. The van der Waals surface area contributed by atoms with Crippen LogP contribution in [0.2, 0.25) is 0 Å². The molecule has 5 aromatic rings. The number of carbonyl (C=O) groups is 4. The highest BCUT2D eigenvalue weighted by Gasteiger charge is 2.31. The number of thiazole rings is 1. The SMILES string of the molecule is COC(=O)c1csc(NC(=O)[C@H](Cc2cn(C(=O)OC(C)(C)C)c3ccccc23)NC(=O)OCC2c3ccccc3-c3ccccc32)n1. The molecule has 12 heteroatoms. The van der Waals surface area contributed by atoms with Crippen LogP contribution in [-0.4, -0.2) is 59.0 Å². The smallest absolute Gasteiger partial charge is 0.419 e. The Labute approximate surface area is 280 Å². The second-order valence-electron chi connectivity index (χ2n) is 12.3. The number of hydrogen-bond donors (Lipinski definition) is 2. The van der Waals surface area contributed by atoms with E-state index in [2.05, 4.69) is 15.6 Å². The van der Waals surface area contributed by atoms with Gasteiger partial charge in [-0.15, -0.1) is 11.3 Å². The highest BCUT2D eigenvalue weighted by atomic mass is 32.1. The predicted octanol–water partition coefficient (Wildman–Crippen LogP) is 6.76. The minimum Gasteiger partial charge on any atom is -0.464 e. The van der Waals surface area contributed by atoms with Crippen LogP contribution in [0.25, 0.3) is 22.0 Å². The van der Waals surface area contributed by atoms with E-state index in [1.165, 1.54) is 17.1 Å². The lowest BCUT2D eigenvalue weighted by Gasteiger charge is -2.20. The number of alkyl carbamates (subject to hydrolysis) is 1. The van der Waals surface area contributed by atoms with Crippen LogP contribution in [-0.2, 0) is 25.4 Å². The summed E-state index contributed by atoms with van der Waals surface area (Å²) in [6.45, 7) is 5.39. The van der Waals surface area contributed by atoms with Crippen LogP contribution in [0.5, 0.6) is 0 Å². The monoisotopic (exact) mass is 666 g/mol. The van der Waals surface area contributed by atoms with Crippen molar-refractivity contribution in [3.05, 3.63) is 107 Å². The van der Waals surface area contributed by atoms with Gasteiger partial charge >= 0.3 is 18.2 Å². The number of para-hydroxylation sites is 1. The van der Waals surface area contributed by atoms with E-state index in [-0.39, 0.29) is 29.8 Å². The van der Waals surface area contributed by atoms with Crippen LogP contribution in [0.15, 0.2) is 84.4 Å². The third-order valence-electron chi connectivity index (χ3n) is 7.89. The summed E-state index contributed by atoms with van der Waals surface area (Å²) >= 11 is 1.04. The Balaban J connectivity index is 1.25. The van der Waals surface area contributed by atoms with Crippen molar-refractivity contribution in [2.24, 2.45) is 0 Å². The lowest BCUT2D eigenvalue weighted by molar-refractivity contribution is -0.118. The van der Waals surface area contributed by atoms with Crippen LogP contribution in [0.1, 0.15) is 53.9 Å². The minimum absolute atomic E-state index is 0.00156. The van der Waals surface area contributed by atoms with E-state index in [0.29, 0.717) is 16.5 Å². The van der Waals surface area contributed by atoms with E-state index >= 15 is 0 Å². The van der Waals surface area contributed by atoms with Gasteiger partial charge in [0.15, 0.2) is 10.8 Å². The van der Waals surface area contributed by atoms with Gasteiger partial charge in [0.05, 0.1) is 12.6 Å². The van der Waals surface area contributed by atoms with Gasteiger partial charge in [0.2, 0.25) is 5.91 Å². The average molecular weight is 667 g/mol. The standard InChI is InChI=1S/C36H34N4O7S/c1-36(2,3)47-35(44)40-18-21(22-11-9-10-16-30(22)40)17-28(31(41)39-33-37-29(20-48-33)32(42)45-4)38-34(43)46-19-27-25-14-7-5-12-23(25)24-13-6-8-15-26(24)27/h5-16,18,20,27-28H,17,19H2,1-4H3,(H,38,43)(H,37,39,41)/t28-/m0/s1. The van der Waals surface area contributed by atoms with Crippen molar-refractivity contribution in [3.8, 4) is 11.1 Å². The molecular formula is C36H34N4O7S. The van der Waals surface area contributed by atoms with Gasteiger partial charge in [-0.25, -0.2) is 19.4 Å². The van der Waals surface area contributed by atoms with Crippen molar-refractivity contribution >= 4 is 51.4 Å². The molecule has 0 spiro atoms. The molecule has 2 amide bonds. The zero-order chi connectivity index (χ0) is 34.0. The first kappa shape index (κ1) is 32.5. The number of nitrogens with one attached hydrogen (secondary N) is 2. The Bertz CT molecular complexity index is 1980. The fourth-order valence-electron chi connectivity index (χ4n) is 5.81. The summed E-state index contributed by atoms with van der Waals surface area (Å²) in [5.74, 6) is -1.41. The van der Waals surface area contributed by atoms with Crippen molar-refractivity contribution in [1.82, 2.24) is 14.9 Å². The van der Waals surface area contributed by atoms with Gasteiger partial charge < -0.3 is 24.8 Å². The van der Waals surface area contributed by atoms with Gasteiger partial charge in [-0.05, 0) is 54.7 Å². The molecule has 3 aromatic carbocycles. The second-order valence-corrected chi connectivity index (χ2v) is 13.1. The van der Waals surface area contributed by atoms with Gasteiger partial charge in [-0.3, -0.25) is 9.36 Å². The molecule has 2 aromatic heterocycles. The topological polar surface area (TPSA) is 138 Å². The quantitative estimate of drug-likeness (QED) is 0.137. The molecule has 1 aliphatic rings. The van der Waals surface area contributed by atoms with Crippen molar-refractivity contribution in [1.29, 1.82) is 0 Å². The second kappa shape index (κ2) is 13.3. The van der Waals surface area contributed by atoms with E-state index in [1.807, 2.05) is 60.7 Å². The maximum Gasteiger partial charge on any atom is 0.419 e. The fraction of sp³-hybridized carbons (Fsp3) is 0.250. The zero-order valence-electron chi connectivity index (χ0n) is 26.8. The first-order valence-electron chi connectivity index (χ1n) is 15.3. The summed E-state index contributed by atoms with van der Waals surface area (Å²) in [5.41, 5.74) is 4.81. The Morgan fingerprint density at radius 3 is 2.25 bits per heavy atom. The molecule has 1 atom stereocenters. The Kier molecular flexibility index (Phi) is 9.01. The number of aromatic nitrogens is 2. The molecule has 48 heavy (non-hydrogen) atoms. The van der Waals surface area contributed by atoms with Crippen LogP contribution < -0.4 is 10.6 Å². The molecule has 0 radical (unpaired) electrons. The third-order valence-corrected chi connectivity index (χ3v) is 8.65. The van der Waals surface area contributed by atoms with Gasteiger partial charge in [-0.1, -0.05) is 66.7 Å². The van der Waals surface area contributed by atoms with Crippen molar-refractivity contribution < 1.29 is 33.4 Å². The zero-order valence-corrected chi connectivity index (χ0v) is 27.6. The van der Waals surface area contributed by atoms with Crippen LogP contribution >= 0.6 is 11.3 Å². The number of rotatable bonds is 8. The molecule has 11 nitrogen and oxygen atoms in total. The number of ether oxygens (including phenoxy) is 3. The normalized spacial score (nSPS) is 12.9. The minimum atomic E-state index is -1.15. The van der Waals surface area contributed by atoms with Crippen LogP contribution in [0, 0.1) is 0 Å². The molecule has 0 aliphatic heterocycles. The van der Waals surface area contributed by atoms with Gasteiger partial charge in [0, 0.05) is 29.3 Å². The Morgan fingerprint density at radius 2 is 1.58 bits per heavy atom. The molecule has 6 rings (SSSR count). The summed E-state index contributed by atoms with van der Waals surface area (Å²) in [7, 11) is 1.24. The van der Waals surface area contributed by atoms with E-state index in [4.69, 9.17) is 14.2 Å². The third kappa shape index (κ3) is 6.79. The number of nitrogens with zero attached hydrogens (tertiary/aromatic N) is 2. The van der Waals surface area contributed by atoms with E-state index in [1.54, 1.807) is 39.1 Å². The summed E-state index contributed by atoms with van der Waals surface area (Å²) in [5, 5.41) is 7.73. The molecule has 2 N–H and O–H groups in total. The fourth-order valence-corrected chi connectivity index (χ4v) is 6.49. The highest BCUT2D eigenvalue weighted by Crippen LogP contribution is 2.44. The summed E-state index contributed by atoms with van der Waals surface area (Å²) < 4.78 is 17.5. The first-order chi connectivity index (χ1) is 23.0. The number of hydrogen-bond acceptors (Lipinski definition) is 9. The van der Waals surface area contributed by atoms with Crippen LogP contribution in [0.3, 0.4) is 0 Å². The number of esters is 1. The molecule has 246 valence electrons. The van der Waals surface area contributed by atoms with E-state index in [0.717, 1.165) is 33.6 Å². The number of methoxy groups -OCH3 is 1. The molecular weight excluding hydrogens is 632 g/mol. The Morgan fingerprint density at radius 1 is 0.938 bits per heavy atom. The first-order valence-corrected chi connectivity index (χ1v) is 16.2. The lowest BCUT2D eigenvalue weighted by atomic mass is 9.98. The summed E-state index contributed by atoms with van der Waals surface area (Å²) in [6.07, 6.45) is 0.245. The number of amides is 2. The molecule has 0 unspecified atom stereocenters. The number of anilines is 1. The number of benzene rings is 3. The molecule has 0 saturated carbocycles. The van der Waals surface area contributed by atoms with E-state index < -0.39 is 35.7 Å². The molecule has 1 aliphatic carbocycles. The number of fused-ring (bicyclic) bond motifs is 4. The summed E-state index contributed by atoms with van der Waals surface area (Å²) in [4.78, 5) is 56.3. The van der Waals surface area contributed by atoms with Crippen LogP contribution in [0.4, 0.5) is 14.7 Å². The van der Waals surface area contributed by atoms with E-state index in [9.17, 15) is 19.2 Å². The van der Waals surface area contributed by atoms with Crippen molar-refractivity contribution in [2.75, 3.05) is 19.0 Å². The molecule has 0 bridgehead atoms. The maximum atomic E-state index is 13.7. The van der Waals surface area contributed by atoms with Gasteiger partial charge in [0.1, 0.15) is 18.2 Å². The van der Waals surface area contributed by atoms with Crippen molar-refractivity contribution in [3.63, 3.8) is 0 Å². The largest absolute Gasteiger partial charge is 0.464 e. The average Bonchev–Trinajstić information content (AvgIpc) is 3.77. The lowest BCUT2D eigenvalue weighted by Crippen LogP contribution is -2.45. The molecule has 0 fully saturated rings. The predicted molar refractivity (Wildman–Crippen MR) is 181 cm³/mol. The molecule has 2 heterocycles. The number of carbonyl (C=O) groups excluding carboxylic acids is 4. The highest BCUT2D eigenvalue weighted by molar-refractivity contribution is 7.14. The Hall–Kier alpha value is -5.49.